The van der Waals surface area contributed by atoms with Crippen molar-refractivity contribution in [2.75, 3.05) is 16.8 Å². The number of hydrogen-bond acceptors (Lipinski definition) is 3. The number of aromatic nitrogens is 2. The first-order chi connectivity index (χ1) is 13.2. The molecule has 2 heterocycles. The number of fused-ring (bicyclic) bond motifs is 1. The van der Waals surface area contributed by atoms with Gasteiger partial charge in [0.1, 0.15) is 6.04 Å². The van der Waals surface area contributed by atoms with Crippen LogP contribution in [-0.2, 0) is 17.8 Å². The summed E-state index contributed by atoms with van der Waals surface area (Å²) in [6, 6.07) is 18.0. The summed E-state index contributed by atoms with van der Waals surface area (Å²) in [5.41, 5.74) is 4.40. The average molecular weight is 360 g/mol. The van der Waals surface area contributed by atoms with Crippen molar-refractivity contribution in [3.63, 3.8) is 0 Å². The lowest BCUT2D eigenvalue weighted by molar-refractivity contribution is -0.119. The molecule has 1 aromatic heterocycles. The van der Waals surface area contributed by atoms with E-state index in [1.165, 1.54) is 5.56 Å². The summed E-state index contributed by atoms with van der Waals surface area (Å²) in [6.07, 6.45) is 5.77. The number of carbonyl (C=O) groups excluding carboxylic acids is 1. The monoisotopic (exact) mass is 360 g/mol. The Labute approximate surface area is 159 Å². The Bertz CT molecular complexity index is 920. The quantitative estimate of drug-likeness (QED) is 0.755. The van der Waals surface area contributed by atoms with E-state index in [-0.39, 0.29) is 11.9 Å². The van der Waals surface area contributed by atoms with Crippen LogP contribution >= 0.6 is 0 Å². The third-order valence-electron chi connectivity index (χ3n) is 4.96. The van der Waals surface area contributed by atoms with E-state index in [0.717, 1.165) is 36.3 Å². The number of para-hydroxylation sites is 1. The van der Waals surface area contributed by atoms with Gasteiger partial charge in [0.05, 0.1) is 6.54 Å². The number of nitrogens with one attached hydrogen (secondary N) is 1. The Morgan fingerprint density at radius 2 is 2.07 bits per heavy atom. The van der Waals surface area contributed by atoms with Crippen molar-refractivity contribution in [1.82, 2.24) is 9.78 Å². The molecule has 138 valence electrons. The predicted molar refractivity (Wildman–Crippen MR) is 108 cm³/mol. The van der Waals surface area contributed by atoms with Gasteiger partial charge in [0.2, 0.25) is 5.91 Å². The molecule has 1 aliphatic rings. The SMILES string of the molecule is CC(Nc1cccc(Cn2cccn2)c1)C(=O)N1CCCc2ccccc21. The van der Waals surface area contributed by atoms with Gasteiger partial charge in [0.15, 0.2) is 0 Å². The zero-order valence-corrected chi connectivity index (χ0v) is 15.5. The van der Waals surface area contributed by atoms with Gasteiger partial charge in [-0.15, -0.1) is 0 Å². The molecule has 1 unspecified atom stereocenters. The van der Waals surface area contributed by atoms with E-state index in [1.807, 2.05) is 59.1 Å². The van der Waals surface area contributed by atoms with E-state index in [9.17, 15) is 4.79 Å². The fourth-order valence-electron chi connectivity index (χ4n) is 3.65. The van der Waals surface area contributed by atoms with Crippen LogP contribution in [0.15, 0.2) is 67.0 Å². The van der Waals surface area contributed by atoms with Gasteiger partial charge in [-0.05, 0) is 55.2 Å². The molecule has 4 rings (SSSR count). The van der Waals surface area contributed by atoms with Crippen LogP contribution in [0.2, 0.25) is 0 Å². The molecule has 27 heavy (non-hydrogen) atoms. The molecule has 5 nitrogen and oxygen atoms in total. The molecular formula is C22H24N4O. The predicted octanol–water partition coefficient (Wildman–Crippen LogP) is 3.71. The van der Waals surface area contributed by atoms with Crippen molar-refractivity contribution in [2.45, 2.75) is 32.4 Å². The molecule has 0 saturated carbocycles. The summed E-state index contributed by atoms with van der Waals surface area (Å²) < 4.78 is 1.89. The summed E-state index contributed by atoms with van der Waals surface area (Å²) in [6.45, 7) is 3.42. The minimum absolute atomic E-state index is 0.111. The summed E-state index contributed by atoms with van der Waals surface area (Å²) in [4.78, 5) is 15.0. The van der Waals surface area contributed by atoms with Crippen LogP contribution in [0.5, 0.6) is 0 Å². The van der Waals surface area contributed by atoms with Gasteiger partial charge in [-0.1, -0.05) is 30.3 Å². The van der Waals surface area contributed by atoms with Gasteiger partial charge in [-0.25, -0.2) is 0 Å². The Kier molecular flexibility index (Phi) is 4.92. The summed E-state index contributed by atoms with van der Waals surface area (Å²) in [5, 5.41) is 7.62. The van der Waals surface area contributed by atoms with E-state index in [2.05, 4.69) is 28.6 Å². The molecule has 0 bridgehead atoms. The smallest absolute Gasteiger partial charge is 0.249 e. The zero-order chi connectivity index (χ0) is 18.6. The van der Waals surface area contributed by atoms with Crippen molar-refractivity contribution in [3.05, 3.63) is 78.1 Å². The Morgan fingerprint density at radius 1 is 1.19 bits per heavy atom. The lowest BCUT2D eigenvalue weighted by Gasteiger charge is -2.32. The van der Waals surface area contributed by atoms with E-state index < -0.39 is 0 Å². The van der Waals surface area contributed by atoms with Crippen molar-refractivity contribution in [2.24, 2.45) is 0 Å². The van der Waals surface area contributed by atoms with E-state index in [1.54, 1.807) is 6.20 Å². The van der Waals surface area contributed by atoms with Crippen molar-refractivity contribution in [3.8, 4) is 0 Å². The van der Waals surface area contributed by atoms with Crippen LogP contribution in [0.1, 0.15) is 24.5 Å². The maximum atomic E-state index is 13.1. The Hall–Kier alpha value is -3.08. The maximum Gasteiger partial charge on any atom is 0.249 e. The molecule has 5 heteroatoms. The number of carbonyl (C=O) groups is 1. The lowest BCUT2D eigenvalue weighted by Crippen LogP contribution is -2.44. The summed E-state index contributed by atoms with van der Waals surface area (Å²) in [5.74, 6) is 0.111. The number of benzene rings is 2. The number of nitrogens with zero attached hydrogens (tertiary/aromatic N) is 3. The molecule has 0 saturated heterocycles. The average Bonchev–Trinajstić information content (AvgIpc) is 3.20. The Morgan fingerprint density at radius 3 is 2.93 bits per heavy atom. The lowest BCUT2D eigenvalue weighted by atomic mass is 10.0. The van der Waals surface area contributed by atoms with Gasteiger partial charge in [-0.2, -0.15) is 5.10 Å². The zero-order valence-electron chi connectivity index (χ0n) is 15.5. The first-order valence-electron chi connectivity index (χ1n) is 9.43. The number of hydrogen-bond donors (Lipinski definition) is 1. The van der Waals surface area contributed by atoms with Crippen LogP contribution in [-0.4, -0.2) is 28.3 Å². The fraction of sp³-hybridized carbons (Fsp3) is 0.273. The third kappa shape index (κ3) is 3.87. The molecule has 0 fully saturated rings. The number of rotatable bonds is 5. The van der Waals surface area contributed by atoms with Crippen molar-refractivity contribution < 1.29 is 4.79 Å². The molecule has 0 radical (unpaired) electrons. The van der Waals surface area contributed by atoms with E-state index >= 15 is 0 Å². The highest BCUT2D eigenvalue weighted by Gasteiger charge is 2.26. The van der Waals surface area contributed by atoms with Gasteiger partial charge in [0, 0.05) is 30.3 Å². The fourth-order valence-corrected chi connectivity index (χ4v) is 3.65. The second-order valence-corrected chi connectivity index (χ2v) is 6.99. The first kappa shape index (κ1) is 17.3. The molecule has 0 spiro atoms. The highest BCUT2D eigenvalue weighted by molar-refractivity contribution is 5.99. The molecule has 0 aliphatic carbocycles. The third-order valence-corrected chi connectivity index (χ3v) is 4.96. The van der Waals surface area contributed by atoms with Crippen LogP contribution in [0.25, 0.3) is 0 Å². The minimum atomic E-state index is -0.295. The normalized spacial score (nSPS) is 14.5. The highest BCUT2D eigenvalue weighted by Crippen LogP contribution is 2.27. The van der Waals surface area contributed by atoms with Crippen LogP contribution < -0.4 is 10.2 Å². The Balaban J connectivity index is 1.46. The molecule has 1 amide bonds. The van der Waals surface area contributed by atoms with Gasteiger partial charge in [-0.3, -0.25) is 9.48 Å². The first-order valence-corrected chi connectivity index (χ1v) is 9.43. The number of amides is 1. The number of anilines is 2. The summed E-state index contributed by atoms with van der Waals surface area (Å²) >= 11 is 0. The van der Waals surface area contributed by atoms with Crippen LogP contribution in [0.3, 0.4) is 0 Å². The highest BCUT2D eigenvalue weighted by atomic mass is 16.2. The van der Waals surface area contributed by atoms with Crippen LogP contribution in [0.4, 0.5) is 11.4 Å². The largest absolute Gasteiger partial charge is 0.374 e. The number of aryl methyl sites for hydroxylation is 1. The van der Waals surface area contributed by atoms with Crippen molar-refractivity contribution in [1.29, 1.82) is 0 Å². The molecule has 2 aromatic carbocycles. The standard InChI is InChI=1S/C22H24N4O/c1-17(22(27)26-14-5-9-19-8-2-3-11-21(19)26)24-20-10-4-7-18(15-20)16-25-13-6-12-23-25/h2-4,6-8,10-13,15,17,24H,5,9,14,16H2,1H3. The van der Waals surface area contributed by atoms with E-state index in [0.29, 0.717) is 6.54 Å². The molecule has 1 atom stereocenters. The molecular weight excluding hydrogens is 336 g/mol. The molecule has 3 aromatic rings. The van der Waals surface area contributed by atoms with Gasteiger partial charge in [0.25, 0.3) is 0 Å². The summed E-state index contributed by atoms with van der Waals surface area (Å²) in [7, 11) is 0. The minimum Gasteiger partial charge on any atom is -0.374 e. The second kappa shape index (κ2) is 7.66. The van der Waals surface area contributed by atoms with Gasteiger partial charge < -0.3 is 10.2 Å². The topological polar surface area (TPSA) is 50.2 Å². The van der Waals surface area contributed by atoms with E-state index in [4.69, 9.17) is 0 Å². The van der Waals surface area contributed by atoms with Gasteiger partial charge >= 0.3 is 0 Å². The maximum absolute atomic E-state index is 13.1. The molecule has 1 aliphatic heterocycles. The second-order valence-electron chi connectivity index (χ2n) is 6.99. The van der Waals surface area contributed by atoms with Crippen molar-refractivity contribution >= 4 is 17.3 Å². The molecule has 1 N–H and O–H groups in total. The van der Waals surface area contributed by atoms with Crippen LogP contribution in [0, 0.1) is 0 Å².